The van der Waals surface area contributed by atoms with Gasteiger partial charge < -0.3 is 15.3 Å². The summed E-state index contributed by atoms with van der Waals surface area (Å²) in [5.41, 5.74) is 1.61. The lowest BCUT2D eigenvalue weighted by atomic mass is 10.1. The number of aliphatic carboxylic acids is 1. The number of nitrogens with one attached hydrogen (secondary N) is 1. The number of carboxylic acids is 1. The maximum absolute atomic E-state index is 12.0. The molecule has 1 aromatic rings. The Balaban J connectivity index is 2.28. The van der Waals surface area contributed by atoms with Crippen molar-refractivity contribution in [2.45, 2.75) is 19.4 Å². The molecule has 1 aliphatic rings. The predicted molar refractivity (Wildman–Crippen MR) is 64.1 cm³/mol. The van der Waals surface area contributed by atoms with E-state index in [0.717, 1.165) is 11.4 Å². The SMILES string of the molecule is CC1Nc2ccccc2N(CCC(=O)O)C1=O. The Morgan fingerprint density at radius 3 is 2.88 bits per heavy atom. The van der Waals surface area contributed by atoms with Crippen LogP contribution in [-0.4, -0.2) is 29.6 Å². The Labute approximate surface area is 99.0 Å². The smallest absolute Gasteiger partial charge is 0.305 e. The first-order valence-electron chi connectivity index (χ1n) is 5.48. The van der Waals surface area contributed by atoms with E-state index in [1.807, 2.05) is 24.3 Å². The summed E-state index contributed by atoms with van der Waals surface area (Å²) in [6, 6.07) is 7.08. The minimum atomic E-state index is -0.901. The fourth-order valence-corrected chi connectivity index (χ4v) is 1.92. The van der Waals surface area contributed by atoms with Crippen LogP contribution in [-0.2, 0) is 9.59 Å². The highest BCUT2D eigenvalue weighted by atomic mass is 16.4. The van der Waals surface area contributed by atoms with E-state index >= 15 is 0 Å². The van der Waals surface area contributed by atoms with Crippen molar-refractivity contribution in [1.29, 1.82) is 0 Å². The van der Waals surface area contributed by atoms with Crippen LogP contribution in [0, 0.1) is 0 Å². The molecule has 1 amide bonds. The minimum absolute atomic E-state index is 0.0488. The number of rotatable bonds is 3. The third kappa shape index (κ3) is 2.22. The lowest BCUT2D eigenvalue weighted by Crippen LogP contribution is -2.46. The molecule has 0 radical (unpaired) electrons. The molecule has 0 bridgehead atoms. The van der Waals surface area contributed by atoms with Crippen LogP contribution >= 0.6 is 0 Å². The molecular formula is C12H14N2O3. The second-order valence-corrected chi connectivity index (χ2v) is 4.02. The van der Waals surface area contributed by atoms with Crippen molar-refractivity contribution in [1.82, 2.24) is 0 Å². The molecule has 2 N–H and O–H groups in total. The van der Waals surface area contributed by atoms with Gasteiger partial charge in [0.25, 0.3) is 0 Å². The van der Waals surface area contributed by atoms with E-state index < -0.39 is 5.97 Å². The summed E-state index contributed by atoms with van der Waals surface area (Å²) < 4.78 is 0. The van der Waals surface area contributed by atoms with Crippen LogP contribution < -0.4 is 10.2 Å². The van der Waals surface area contributed by atoms with Crippen LogP contribution in [0.2, 0.25) is 0 Å². The number of amides is 1. The van der Waals surface area contributed by atoms with Gasteiger partial charge in [0.1, 0.15) is 6.04 Å². The lowest BCUT2D eigenvalue weighted by Gasteiger charge is -2.33. The van der Waals surface area contributed by atoms with Gasteiger partial charge in [-0.3, -0.25) is 9.59 Å². The van der Waals surface area contributed by atoms with Gasteiger partial charge in [-0.2, -0.15) is 0 Å². The summed E-state index contributed by atoms with van der Waals surface area (Å²) in [4.78, 5) is 24.1. The normalized spacial score (nSPS) is 18.5. The van der Waals surface area contributed by atoms with Gasteiger partial charge in [-0.15, -0.1) is 0 Å². The lowest BCUT2D eigenvalue weighted by molar-refractivity contribution is -0.136. The molecule has 0 aliphatic carbocycles. The second-order valence-electron chi connectivity index (χ2n) is 4.02. The van der Waals surface area contributed by atoms with Crippen molar-refractivity contribution in [3.05, 3.63) is 24.3 Å². The molecule has 1 aliphatic heterocycles. The van der Waals surface area contributed by atoms with E-state index in [2.05, 4.69) is 5.32 Å². The summed E-state index contributed by atoms with van der Waals surface area (Å²) in [6.45, 7) is 1.98. The number of para-hydroxylation sites is 2. The maximum atomic E-state index is 12.0. The molecule has 5 heteroatoms. The van der Waals surface area contributed by atoms with Gasteiger partial charge in [0, 0.05) is 6.54 Å². The molecule has 0 spiro atoms. The van der Waals surface area contributed by atoms with Crippen molar-refractivity contribution in [3.8, 4) is 0 Å². The predicted octanol–water partition coefficient (Wildman–Crippen LogP) is 1.31. The van der Waals surface area contributed by atoms with Crippen molar-refractivity contribution >= 4 is 23.3 Å². The van der Waals surface area contributed by atoms with E-state index in [1.165, 1.54) is 4.90 Å². The summed E-state index contributed by atoms with van der Waals surface area (Å²) in [6.07, 6.45) is -0.0488. The van der Waals surface area contributed by atoms with Gasteiger partial charge in [0.15, 0.2) is 0 Å². The van der Waals surface area contributed by atoms with Crippen LogP contribution in [0.4, 0.5) is 11.4 Å². The fourth-order valence-electron chi connectivity index (χ4n) is 1.92. The number of hydrogen-bond acceptors (Lipinski definition) is 3. The number of carbonyl (C=O) groups is 2. The van der Waals surface area contributed by atoms with Crippen LogP contribution in [0.5, 0.6) is 0 Å². The standard InChI is InChI=1S/C12H14N2O3/c1-8-12(17)14(7-6-11(15)16)10-5-3-2-4-9(10)13-8/h2-5,8,13H,6-7H2,1H3,(H,15,16). The van der Waals surface area contributed by atoms with E-state index in [4.69, 9.17) is 5.11 Å². The molecule has 0 fully saturated rings. The van der Waals surface area contributed by atoms with Crippen molar-refractivity contribution in [3.63, 3.8) is 0 Å². The Kier molecular flexibility index (Phi) is 2.99. The quantitative estimate of drug-likeness (QED) is 0.827. The van der Waals surface area contributed by atoms with Gasteiger partial charge in [-0.05, 0) is 19.1 Å². The van der Waals surface area contributed by atoms with Gasteiger partial charge in [-0.1, -0.05) is 12.1 Å². The fraction of sp³-hybridized carbons (Fsp3) is 0.333. The van der Waals surface area contributed by atoms with E-state index in [-0.39, 0.29) is 24.9 Å². The number of anilines is 2. The summed E-state index contributed by atoms with van der Waals surface area (Å²) in [7, 11) is 0. The third-order valence-corrected chi connectivity index (χ3v) is 2.75. The molecule has 1 atom stereocenters. The van der Waals surface area contributed by atoms with E-state index in [9.17, 15) is 9.59 Å². The largest absolute Gasteiger partial charge is 0.481 e. The van der Waals surface area contributed by atoms with E-state index in [1.54, 1.807) is 6.92 Å². The zero-order valence-corrected chi connectivity index (χ0v) is 9.51. The molecule has 0 saturated carbocycles. The van der Waals surface area contributed by atoms with Crippen LogP contribution in [0.25, 0.3) is 0 Å². The molecule has 5 nitrogen and oxygen atoms in total. The zero-order valence-electron chi connectivity index (χ0n) is 9.51. The minimum Gasteiger partial charge on any atom is -0.481 e. The van der Waals surface area contributed by atoms with Crippen molar-refractivity contribution < 1.29 is 14.7 Å². The molecular weight excluding hydrogens is 220 g/mol. The van der Waals surface area contributed by atoms with Gasteiger partial charge in [0.2, 0.25) is 5.91 Å². The van der Waals surface area contributed by atoms with Crippen molar-refractivity contribution in [2.24, 2.45) is 0 Å². The summed E-state index contributed by atoms with van der Waals surface area (Å²) >= 11 is 0. The average molecular weight is 234 g/mol. The Hall–Kier alpha value is -2.04. The number of nitrogens with zero attached hydrogens (tertiary/aromatic N) is 1. The van der Waals surface area contributed by atoms with Crippen LogP contribution in [0.15, 0.2) is 24.3 Å². The average Bonchev–Trinajstić information content (AvgIpc) is 2.29. The Morgan fingerprint density at radius 2 is 2.18 bits per heavy atom. The Bertz CT molecular complexity index is 459. The van der Waals surface area contributed by atoms with E-state index in [0.29, 0.717) is 0 Å². The summed E-state index contributed by atoms with van der Waals surface area (Å²) in [5, 5.41) is 11.8. The molecule has 1 heterocycles. The molecule has 0 aromatic heterocycles. The third-order valence-electron chi connectivity index (χ3n) is 2.75. The number of fused-ring (bicyclic) bond motifs is 1. The first-order chi connectivity index (χ1) is 8.09. The second kappa shape index (κ2) is 4.45. The first kappa shape index (κ1) is 11.4. The monoisotopic (exact) mass is 234 g/mol. The molecule has 1 unspecified atom stereocenters. The van der Waals surface area contributed by atoms with Gasteiger partial charge >= 0.3 is 5.97 Å². The molecule has 17 heavy (non-hydrogen) atoms. The zero-order chi connectivity index (χ0) is 12.4. The van der Waals surface area contributed by atoms with Crippen LogP contribution in [0.1, 0.15) is 13.3 Å². The number of carboxylic acid groups (broad SMARTS) is 1. The summed E-state index contributed by atoms with van der Waals surface area (Å²) in [5.74, 6) is -0.994. The number of hydrogen-bond donors (Lipinski definition) is 2. The molecule has 0 saturated heterocycles. The highest BCUT2D eigenvalue weighted by Crippen LogP contribution is 2.30. The van der Waals surface area contributed by atoms with Crippen LogP contribution in [0.3, 0.4) is 0 Å². The molecule has 2 rings (SSSR count). The number of benzene rings is 1. The first-order valence-corrected chi connectivity index (χ1v) is 5.48. The van der Waals surface area contributed by atoms with Gasteiger partial charge in [-0.25, -0.2) is 0 Å². The maximum Gasteiger partial charge on any atom is 0.305 e. The number of carbonyl (C=O) groups excluding carboxylic acids is 1. The molecule has 1 aromatic carbocycles. The highest BCUT2D eigenvalue weighted by molar-refractivity contribution is 6.04. The topological polar surface area (TPSA) is 69.6 Å². The molecule has 90 valence electrons. The Morgan fingerprint density at radius 1 is 1.47 bits per heavy atom. The van der Waals surface area contributed by atoms with Gasteiger partial charge in [0.05, 0.1) is 17.8 Å². The highest BCUT2D eigenvalue weighted by Gasteiger charge is 2.29. The van der Waals surface area contributed by atoms with Crippen molar-refractivity contribution in [2.75, 3.05) is 16.8 Å².